The van der Waals surface area contributed by atoms with Crippen LogP contribution in [-0.4, -0.2) is 48.1 Å². The number of nitrogens with one attached hydrogen (secondary N) is 1. The van der Waals surface area contributed by atoms with Crippen LogP contribution >= 0.6 is 0 Å². The van der Waals surface area contributed by atoms with E-state index in [2.05, 4.69) is 10.3 Å². The number of imidazole rings is 1. The van der Waals surface area contributed by atoms with Gasteiger partial charge < -0.3 is 24.6 Å². The highest BCUT2D eigenvalue weighted by Gasteiger charge is 2.35. The minimum absolute atomic E-state index is 0.0239. The van der Waals surface area contributed by atoms with Crippen molar-refractivity contribution in [1.82, 2.24) is 9.55 Å². The van der Waals surface area contributed by atoms with Crippen LogP contribution in [0.15, 0.2) is 53.7 Å². The maximum Gasteiger partial charge on any atom is 0.338 e. The number of carbonyl (C=O) groups is 1. The molecule has 8 heteroatoms. The number of rotatable bonds is 6. The molecule has 1 aliphatic heterocycles. The fourth-order valence-corrected chi connectivity index (χ4v) is 3.70. The Bertz CT molecular complexity index is 1140. The minimum atomic E-state index is -0.516. The second kappa shape index (κ2) is 8.08. The van der Waals surface area contributed by atoms with Gasteiger partial charge >= 0.3 is 5.97 Å². The van der Waals surface area contributed by atoms with E-state index < -0.39 is 12.0 Å². The van der Waals surface area contributed by atoms with Crippen molar-refractivity contribution in [2.24, 2.45) is 0 Å². The smallest absolute Gasteiger partial charge is 0.338 e. The van der Waals surface area contributed by atoms with E-state index in [0.29, 0.717) is 29.6 Å². The van der Waals surface area contributed by atoms with Crippen molar-refractivity contribution in [2.45, 2.75) is 13.0 Å². The summed E-state index contributed by atoms with van der Waals surface area (Å²) >= 11 is 0. The van der Waals surface area contributed by atoms with Crippen molar-refractivity contribution in [2.75, 3.05) is 32.8 Å². The second-order valence-electron chi connectivity index (χ2n) is 6.92. The predicted octanol–water partition coefficient (Wildman–Crippen LogP) is 3.23. The van der Waals surface area contributed by atoms with Crippen LogP contribution in [0.3, 0.4) is 0 Å². The number of allylic oxidation sites excluding steroid dienone is 1. The number of methoxy groups -OCH3 is 2. The van der Waals surface area contributed by atoms with Crippen molar-refractivity contribution in [3.05, 3.63) is 59.3 Å². The van der Waals surface area contributed by atoms with Crippen molar-refractivity contribution < 1.29 is 24.1 Å². The first-order valence-electron chi connectivity index (χ1n) is 9.53. The Kier molecular flexibility index (Phi) is 5.33. The number of carbonyl (C=O) groups excluding carboxylic acids is 1. The fraction of sp³-hybridized carbons (Fsp3) is 0.273. The normalized spacial score (nSPS) is 15.6. The highest BCUT2D eigenvalue weighted by Crippen LogP contribution is 2.41. The topological polar surface area (TPSA) is 94.8 Å². The van der Waals surface area contributed by atoms with Gasteiger partial charge in [0.25, 0.3) is 0 Å². The first-order chi connectivity index (χ1) is 14.5. The Morgan fingerprint density at radius 2 is 2.00 bits per heavy atom. The van der Waals surface area contributed by atoms with E-state index in [1.807, 2.05) is 35.8 Å². The summed E-state index contributed by atoms with van der Waals surface area (Å²) in [5.74, 6) is 0.522. The van der Waals surface area contributed by atoms with E-state index in [0.717, 1.165) is 16.6 Å². The number of hydrogen-bond donors (Lipinski definition) is 2. The Morgan fingerprint density at radius 3 is 2.77 bits per heavy atom. The summed E-state index contributed by atoms with van der Waals surface area (Å²) < 4.78 is 17.7. The molecule has 30 heavy (non-hydrogen) atoms. The van der Waals surface area contributed by atoms with E-state index >= 15 is 0 Å². The molecule has 0 aliphatic carbocycles. The average molecular weight is 409 g/mol. The van der Waals surface area contributed by atoms with Crippen LogP contribution in [0.25, 0.3) is 11.0 Å². The van der Waals surface area contributed by atoms with E-state index in [1.165, 1.54) is 7.11 Å². The lowest BCUT2D eigenvalue weighted by Gasteiger charge is -2.30. The number of phenols is 1. The van der Waals surface area contributed by atoms with Gasteiger partial charge in [0.15, 0.2) is 11.5 Å². The Morgan fingerprint density at radius 1 is 1.20 bits per heavy atom. The van der Waals surface area contributed by atoms with Crippen LogP contribution in [0, 0.1) is 0 Å². The summed E-state index contributed by atoms with van der Waals surface area (Å²) in [7, 11) is 3.04. The molecule has 0 radical (unpaired) electrons. The van der Waals surface area contributed by atoms with Gasteiger partial charge in [-0.05, 0) is 36.8 Å². The highest BCUT2D eigenvalue weighted by molar-refractivity contribution is 5.94. The van der Waals surface area contributed by atoms with Crippen LogP contribution in [0.2, 0.25) is 0 Å². The number of ether oxygens (including phenoxy) is 3. The van der Waals surface area contributed by atoms with E-state index in [1.54, 1.807) is 25.3 Å². The molecule has 0 spiro atoms. The van der Waals surface area contributed by atoms with Gasteiger partial charge in [-0.15, -0.1) is 0 Å². The van der Waals surface area contributed by atoms with Gasteiger partial charge in [0.2, 0.25) is 5.95 Å². The molecular weight excluding hydrogens is 386 g/mol. The molecule has 3 aromatic rings. The number of fused-ring (bicyclic) bond motifs is 3. The number of hydrogen-bond acceptors (Lipinski definition) is 7. The first-order valence-corrected chi connectivity index (χ1v) is 9.53. The molecule has 0 unspecified atom stereocenters. The summed E-state index contributed by atoms with van der Waals surface area (Å²) in [6, 6.07) is 12.2. The molecule has 1 aliphatic rings. The van der Waals surface area contributed by atoms with Crippen LogP contribution in [-0.2, 0) is 14.3 Å². The van der Waals surface area contributed by atoms with Crippen molar-refractivity contribution in [3.63, 3.8) is 0 Å². The third-order valence-electron chi connectivity index (χ3n) is 5.09. The molecule has 2 aromatic carbocycles. The number of nitrogens with zero attached hydrogens (tertiary/aromatic N) is 2. The lowest BCUT2D eigenvalue weighted by Crippen LogP contribution is -2.29. The molecular formula is C22H23N3O5. The van der Waals surface area contributed by atoms with E-state index in [-0.39, 0.29) is 12.4 Å². The molecule has 1 atom stereocenters. The number of anilines is 1. The van der Waals surface area contributed by atoms with Gasteiger partial charge in [-0.1, -0.05) is 18.2 Å². The van der Waals surface area contributed by atoms with Crippen molar-refractivity contribution >= 4 is 23.0 Å². The maximum absolute atomic E-state index is 13.1. The zero-order chi connectivity index (χ0) is 21.3. The third kappa shape index (κ3) is 3.35. The largest absolute Gasteiger partial charge is 0.504 e. The molecule has 0 bridgehead atoms. The van der Waals surface area contributed by atoms with Crippen LogP contribution in [0.5, 0.6) is 11.5 Å². The first kappa shape index (κ1) is 19.8. The van der Waals surface area contributed by atoms with Gasteiger partial charge in [-0.25, -0.2) is 9.78 Å². The van der Waals surface area contributed by atoms with Gasteiger partial charge in [0.05, 0.1) is 36.4 Å². The van der Waals surface area contributed by atoms with Gasteiger partial charge in [0, 0.05) is 12.8 Å². The van der Waals surface area contributed by atoms with Gasteiger partial charge in [0.1, 0.15) is 6.61 Å². The zero-order valence-electron chi connectivity index (χ0n) is 17.0. The number of para-hydroxylation sites is 2. The number of esters is 1. The van der Waals surface area contributed by atoms with Crippen LogP contribution < -0.4 is 10.1 Å². The molecule has 1 aromatic heterocycles. The Hall–Kier alpha value is -3.52. The lowest BCUT2D eigenvalue weighted by atomic mass is 9.94. The van der Waals surface area contributed by atoms with Gasteiger partial charge in [-0.2, -0.15) is 0 Å². The molecule has 156 valence electrons. The molecule has 2 heterocycles. The van der Waals surface area contributed by atoms with Crippen molar-refractivity contribution in [3.8, 4) is 11.5 Å². The third-order valence-corrected chi connectivity index (χ3v) is 5.09. The molecule has 8 nitrogen and oxygen atoms in total. The zero-order valence-corrected chi connectivity index (χ0v) is 17.0. The summed E-state index contributed by atoms with van der Waals surface area (Å²) in [6.07, 6.45) is 0. The van der Waals surface area contributed by atoms with Crippen LogP contribution in [0.1, 0.15) is 18.5 Å². The predicted molar refractivity (Wildman–Crippen MR) is 112 cm³/mol. The summed E-state index contributed by atoms with van der Waals surface area (Å²) in [5.41, 5.74) is 3.53. The molecule has 2 N–H and O–H groups in total. The Labute approximate surface area is 173 Å². The minimum Gasteiger partial charge on any atom is -0.504 e. The molecule has 0 fully saturated rings. The average Bonchev–Trinajstić information content (AvgIpc) is 3.11. The van der Waals surface area contributed by atoms with Crippen LogP contribution in [0.4, 0.5) is 5.95 Å². The summed E-state index contributed by atoms with van der Waals surface area (Å²) in [5, 5.41) is 13.3. The quantitative estimate of drug-likeness (QED) is 0.477. The second-order valence-corrected chi connectivity index (χ2v) is 6.92. The number of phenolic OH excluding ortho intramolecular Hbond substituents is 1. The Balaban J connectivity index is 1.89. The fourth-order valence-electron chi connectivity index (χ4n) is 3.70. The van der Waals surface area contributed by atoms with E-state index in [9.17, 15) is 9.90 Å². The van der Waals surface area contributed by atoms with Crippen molar-refractivity contribution in [1.29, 1.82) is 0 Å². The monoisotopic (exact) mass is 409 g/mol. The number of benzene rings is 2. The molecule has 0 saturated carbocycles. The number of aromatic hydroxyl groups is 1. The summed E-state index contributed by atoms with van der Waals surface area (Å²) in [4.78, 5) is 17.7. The summed E-state index contributed by atoms with van der Waals surface area (Å²) in [6.45, 7) is 2.28. The molecule has 0 saturated heterocycles. The highest BCUT2D eigenvalue weighted by atomic mass is 16.6. The van der Waals surface area contributed by atoms with Gasteiger partial charge in [-0.3, -0.25) is 4.57 Å². The standard InChI is InChI=1S/C22H23N3O5/c1-13-19(21(27)30-11-10-28-2)20(14-8-9-17(26)18(12-14)29-3)25-16-7-5-4-6-15(16)24-22(25)23-13/h4-9,12,20,26H,10-11H2,1-3H3,(H,23,24)/t20-/m0/s1. The molecule has 0 amide bonds. The van der Waals surface area contributed by atoms with E-state index in [4.69, 9.17) is 14.2 Å². The lowest BCUT2D eigenvalue weighted by molar-refractivity contribution is -0.140. The SMILES string of the molecule is COCCOC(=O)C1=C(C)Nc2nc3ccccc3n2[C@H]1c1ccc(O)c(OC)c1. The maximum atomic E-state index is 13.1. The molecule has 4 rings (SSSR count). The number of aromatic nitrogens is 2.